The number of fused-ring (bicyclic) bond motifs is 4. The lowest BCUT2D eigenvalue weighted by atomic mass is 9.85. The van der Waals surface area contributed by atoms with Crippen molar-refractivity contribution in [3.63, 3.8) is 0 Å². The van der Waals surface area contributed by atoms with Crippen LogP contribution in [0.3, 0.4) is 0 Å². The monoisotopic (exact) mass is 566 g/mol. The van der Waals surface area contributed by atoms with Gasteiger partial charge in [0.05, 0.1) is 24.0 Å². The number of carbonyl (C=O) groups excluding carboxylic acids is 2. The van der Waals surface area contributed by atoms with Gasteiger partial charge in [0.25, 0.3) is 5.91 Å². The molecule has 0 spiro atoms. The molecule has 6 rings (SSSR count). The van der Waals surface area contributed by atoms with Crippen LogP contribution in [0.5, 0.6) is 11.5 Å². The number of rotatable bonds is 3. The number of allylic oxidation sites excluding steroid dienone is 1. The van der Waals surface area contributed by atoms with Gasteiger partial charge in [0.2, 0.25) is 5.91 Å². The number of aliphatic imine (C=N–C) groups is 1. The van der Waals surface area contributed by atoms with Gasteiger partial charge in [-0.05, 0) is 81.5 Å². The van der Waals surface area contributed by atoms with Crippen molar-refractivity contribution in [1.82, 2.24) is 10.2 Å². The average Bonchev–Trinajstić information content (AvgIpc) is 2.89. The van der Waals surface area contributed by atoms with Crippen LogP contribution in [0.2, 0.25) is 0 Å². The van der Waals surface area contributed by atoms with E-state index in [-0.39, 0.29) is 35.6 Å². The van der Waals surface area contributed by atoms with E-state index in [0.717, 1.165) is 11.1 Å². The molecule has 2 amide bonds. The Morgan fingerprint density at radius 2 is 2.00 bits per heavy atom. The van der Waals surface area contributed by atoms with Crippen LogP contribution in [0, 0.1) is 0 Å². The van der Waals surface area contributed by atoms with E-state index in [0.29, 0.717) is 37.0 Å². The molecule has 3 atom stereocenters. The van der Waals surface area contributed by atoms with Crippen LogP contribution in [-0.4, -0.2) is 40.4 Å². The Hall–Kier alpha value is -3.95. The third-order valence-electron chi connectivity index (χ3n) is 8.17. The van der Waals surface area contributed by atoms with E-state index in [1.807, 2.05) is 45.0 Å². The molecule has 0 aliphatic carbocycles. The molecular weight excluding hydrogens is 530 g/mol. The second kappa shape index (κ2) is 10.8. The van der Waals surface area contributed by atoms with Gasteiger partial charge >= 0.3 is 6.61 Å². The largest absolute Gasteiger partial charge is 0.487 e. The number of alkyl halides is 2. The molecule has 6 bridgehead atoms. The van der Waals surface area contributed by atoms with Crippen LogP contribution < -0.4 is 20.5 Å². The van der Waals surface area contributed by atoms with Crippen molar-refractivity contribution in [2.24, 2.45) is 10.7 Å². The van der Waals surface area contributed by atoms with Crippen molar-refractivity contribution in [2.45, 2.75) is 89.6 Å². The van der Waals surface area contributed by atoms with E-state index in [9.17, 15) is 18.4 Å². The number of halogens is 2. The third-order valence-corrected chi connectivity index (χ3v) is 8.17. The van der Waals surface area contributed by atoms with Crippen molar-refractivity contribution in [2.75, 3.05) is 0 Å². The molecule has 0 saturated carbocycles. The maximum absolute atomic E-state index is 13.7. The quantitative estimate of drug-likeness (QED) is 0.482. The zero-order valence-corrected chi connectivity index (χ0v) is 23.7. The smallest absolute Gasteiger partial charge is 0.387 e. The maximum atomic E-state index is 13.7. The first kappa shape index (κ1) is 28.6. The standard InChI is InChI=1S/C31H36F2N4O4/c1-5-31-11-7-6-8-19-9-10-25-23(12-19)24(16-30(3,4)41-25)35-27(39)21-13-20(14-22(15-21)40-28(32)33)18(2)37(26(38)17-31)29(34)36-31/h6,8-10,12-15,18,24,28H,5,7,11,16-17H2,1-4H3,(H2,34,36)(H,35,39)/b8-6+/t18-,24+,31-/m1/s1. The zero-order chi connectivity index (χ0) is 29.5. The molecule has 4 heterocycles. The lowest BCUT2D eigenvalue weighted by molar-refractivity contribution is -0.131. The Balaban J connectivity index is 1.64. The summed E-state index contributed by atoms with van der Waals surface area (Å²) in [6, 6.07) is 9.04. The minimum atomic E-state index is -3.09. The Morgan fingerprint density at radius 3 is 2.71 bits per heavy atom. The lowest BCUT2D eigenvalue weighted by Crippen LogP contribution is -2.52. The summed E-state index contributed by atoms with van der Waals surface area (Å²) in [6.07, 6.45) is 6.69. The van der Waals surface area contributed by atoms with E-state index in [1.54, 1.807) is 13.0 Å². The summed E-state index contributed by atoms with van der Waals surface area (Å²) in [7, 11) is 0. The fraction of sp³-hybridized carbons (Fsp3) is 0.452. The Bertz CT molecular complexity index is 1420. The molecule has 0 saturated heterocycles. The van der Waals surface area contributed by atoms with Gasteiger partial charge in [0, 0.05) is 17.5 Å². The Morgan fingerprint density at radius 1 is 1.22 bits per heavy atom. The van der Waals surface area contributed by atoms with E-state index in [4.69, 9.17) is 20.2 Å². The van der Waals surface area contributed by atoms with Gasteiger partial charge in [0.1, 0.15) is 17.1 Å². The van der Waals surface area contributed by atoms with Crippen molar-refractivity contribution < 1.29 is 27.8 Å². The summed E-state index contributed by atoms with van der Waals surface area (Å²) in [5.74, 6) is -0.123. The van der Waals surface area contributed by atoms with Crippen molar-refractivity contribution in [3.05, 3.63) is 64.7 Å². The average molecular weight is 567 g/mol. The number of benzene rings is 2. The van der Waals surface area contributed by atoms with Gasteiger partial charge < -0.3 is 20.5 Å². The molecule has 0 fully saturated rings. The third kappa shape index (κ3) is 5.92. The molecular formula is C31H36F2N4O4. The number of nitrogens with two attached hydrogens (primary N) is 1. The summed E-state index contributed by atoms with van der Waals surface area (Å²) < 4.78 is 37.5. The second-order valence-electron chi connectivity index (χ2n) is 11.7. The fourth-order valence-corrected chi connectivity index (χ4v) is 6.00. The van der Waals surface area contributed by atoms with Crippen LogP contribution in [0.25, 0.3) is 6.08 Å². The molecule has 10 heteroatoms. The van der Waals surface area contributed by atoms with E-state index < -0.39 is 29.7 Å². The predicted octanol–water partition coefficient (Wildman–Crippen LogP) is 5.88. The summed E-state index contributed by atoms with van der Waals surface area (Å²) in [5, 5.41) is 3.08. The lowest BCUT2D eigenvalue weighted by Gasteiger charge is -2.39. The molecule has 2 aromatic carbocycles. The van der Waals surface area contributed by atoms with Gasteiger partial charge in [-0.2, -0.15) is 8.78 Å². The van der Waals surface area contributed by atoms with Gasteiger partial charge in [-0.15, -0.1) is 0 Å². The molecule has 0 radical (unpaired) electrons. The number of amides is 2. The molecule has 4 aliphatic rings. The van der Waals surface area contributed by atoms with Gasteiger partial charge in [0.15, 0.2) is 5.96 Å². The Kier molecular flexibility index (Phi) is 7.52. The van der Waals surface area contributed by atoms with Gasteiger partial charge in [-0.3, -0.25) is 14.5 Å². The second-order valence-corrected chi connectivity index (χ2v) is 11.7. The molecule has 4 aliphatic heterocycles. The van der Waals surface area contributed by atoms with Gasteiger partial charge in [-0.1, -0.05) is 25.1 Å². The summed E-state index contributed by atoms with van der Waals surface area (Å²) in [4.78, 5) is 33.3. The topological polar surface area (TPSA) is 106 Å². The summed E-state index contributed by atoms with van der Waals surface area (Å²) in [6.45, 7) is 4.52. The summed E-state index contributed by atoms with van der Waals surface area (Å²) >= 11 is 0. The van der Waals surface area contributed by atoms with Crippen molar-refractivity contribution >= 4 is 23.8 Å². The first-order valence-electron chi connectivity index (χ1n) is 14.0. The minimum absolute atomic E-state index is 0.0662. The molecule has 41 heavy (non-hydrogen) atoms. The first-order chi connectivity index (χ1) is 19.4. The minimum Gasteiger partial charge on any atom is -0.487 e. The Labute approximate surface area is 238 Å². The van der Waals surface area contributed by atoms with Crippen LogP contribution in [0.15, 0.2) is 47.5 Å². The fourth-order valence-electron chi connectivity index (χ4n) is 6.00. The number of carbonyl (C=O) groups is 2. The zero-order valence-electron chi connectivity index (χ0n) is 23.7. The molecule has 2 aromatic rings. The first-order valence-corrected chi connectivity index (χ1v) is 14.0. The number of hydrogen-bond acceptors (Lipinski definition) is 6. The highest BCUT2D eigenvalue weighted by Gasteiger charge is 2.40. The highest BCUT2D eigenvalue weighted by molar-refractivity contribution is 6.00. The molecule has 3 N–H and O–H groups in total. The van der Waals surface area contributed by atoms with Crippen LogP contribution in [0.4, 0.5) is 8.78 Å². The van der Waals surface area contributed by atoms with E-state index in [1.165, 1.54) is 17.0 Å². The molecule has 8 nitrogen and oxygen atoms in total. The number of guanidine groups is 1. The number of nitrogens with zero attached hydrogens (tertiary/aromatic N) is 2. The predicted molar refractivity (Wildman–Crippen MR) is 152 cm³/mol. The van der Waals surface area contributed by atoms with Crippen LogP contribution in [-0.2, 0) is 4.79 Å². The van der Waals surface area contributed by atoms with E-state index >= 15 is 0 Å². The highest BCUT2D eigenvalue weighted by Crippen LogP contribution is 2.41. The normalized spacial score (nSPS) is 26.4. The van der Waals surface area contributed by atoms with Crippen molar-refractivity contribution in [3.8, 4) is 11.5 Å². The van der Waals surface area contributed by atoms with Crippen LogP contribution in [0.1, 0.15) is 98.9 Å². The number of hydrogen-bond donors (Lipinski definition) is 2. The molecule has 218 valence electrons. The van der Waals surface area contributed by atoms with Crippen molar-refractivity contribution in [1.29, 1.82) is 0 Å². The summed E-state index contributed by atoms with van der Waals surface area (Å²) in [5.41, 5.74) is 7.52. The molecule has 0 unspecified atom stereocenters. The maximum Gasteiger partial charge on any atom is 0.387 e. The molecule has 0 aromatic heterocycles. The van der Waals surface area contributed by atoms with Gasteiger partial charge in [-0.25, -0.2) is 4.99 Å². The number of nitrogens with one attached hydrogen (secondary N) is 1. The van der Waals surface area contributed by atoms with E-state index in [2.05, 4.69) is 11.4 Å². The highest BCUT2D eigenvalue weighted by atomic mass is 19.3. The SMILES string of the molecule is CC[C@@]12CC/C=C/c3ccc4c(c3)[C@H](CC(C)(C)O4)NC(=O)c3cc(OC(F)F)cc(c3)[C@@H](C)N(C(=O)C1)C(N)=N2. The van der Waals surface area contributed by atoms with Crippen LogP contribution >= 0.6 is 0 Å². The number of ether oxygens (including phenoxy) is 2.